The number of halogens is 1. The van der Waals surface area contributed by atoms with Crippen molar-refractivity contribution in [2.75, 3.05) is 0 Å². The number of rotatable bonds is 2. The van der Waals surface area contributed by atoms with Gasteiger partial charge in [-0.1, -0.05) is 27.2 Å². The number of hydrogen-bond acceptors (Lipinski definition) is 1. The average Bonchev–Trinajstić information content (AvgIpc) is 2.69. The molecular formula is C14H21ClO. The Morgan fingerprint density at radius 1 is 1.38 bits per heavy atom. The average molecular weight is 241 g/mol. The predicted molar refractivity (Wildman–Crippen MR) is 67.9 cm³/mol. The zero-order valence-electron chi connectivity index (χ0n) is 10.4. The van der Waals surface area contributed by atoms with Crippen LogP contribution in [0, 0.1) is 11.8 Å². The Bertz CT molecular complexity index is 329. The van der Waals surface area contributed by atoms with Gasteiger partial charge in [0.15, 0.2) is 0 Å². The summed E-state index contributed by atoms with van der Waals surface area (Å²) in [6.45, 7) is 6.87. The molecule has 16 heavy (non-hydrogen) atoms. The van der Waals surface area contributed by atoms with Crippen LogP contribution in [-0.4, -0.2) is 5.38 Å². The second kappa shape index (κ2) is 4.44. The lowest BCUT2D eigenvalue weighted by molar-refractivity contribution is 0.207. The summed E-state index contributed by atoms with van der Waals surface area (Å²) in [5, 5.41) is 0.300. The lowest BCUT2D eigenvalue weighted by atomic mass is 9.66. The van der Waals surface area contributed by atoms with Gasteiger partial charge in [-0.2, -0.15) is 0 Å². The van der Waals surface area contributed by atoms with Crippen LogP contribution in [0.2, 0.25) is 0 Å². The van der Waals surface area contributed by atoms with Crippen molar-refractivity contribution >= 4 is 11.6 Å². The van der Waals surface area contributed by atoms with E-state index in [4.69, 9.17) is 16.0 Å². The summed E-state index contributed by atoms with van der Waals surface area (Å²) in [7, 11) is 0. The van der Waals surface area contributed by atoms with Gasteiger partial charge in [0.25, 0.3) is 0 Å². The van der Waals surface area contributed by atoms with Crippen LogP contribution in [0.3, 0.4) is 0 Å². The fraction of sp³-hybridized carbons (Fsp3) is 0.714. The summed E-state index contributed by atoms with van der Waals surface area (Å²) in [6, 6.07) is 2.07. The van der Waals surface area contributed by atoms with E-state index in [1.54, 1.807) is 6.26 Å². The molecule has 1 saturated carbocycles. The van der Waals surface area contributed by atoms with Crippen LogP contribution in [0.1, 0.15) is 45.6 Å². The third-order valence-electron chi connectivity index (χ3n) is 4.23. The van der Waals surface area contributed by atoms with Gasteiger partial charge in [-0.05, 0) is 41.7 Å². The molecule has 3 atom stereocenters. The number of furan rings is 1. The zero-order chi connectivity index (χ0) is 11.8. The molecular weight excluding hydrogens is 220 g/mol. The van der Waals surface area contributed by atoms with Crippen LogP contribution < -0.4 is 0 Å². The van der Waals surface area contributed by atoms with Crippen molar-refractivity contribution in [2.24, 2.45) is 11.8 Å². The molecule has 2 rings (SSSR count). The topological polar surface area (TPSA) is 13.1 Å². The van der Waals surface area contributed by atoms with Gasteiger partial charge in [-0.25, -0.2) is 0 Å². The van der Waals surface area contributed by atoms with Crippen LogP contribution in [0.5, 0.6) is 0 Å². The first kappa shape index (κ1) is 12.0. The Morgan fingerprint density at radius 2 is 2.12 bits per heavy atom. The minimum Gasteiger partial charge on any atom is -0.472 e. The molecule has 1 aromatic heterocycles. The molecule has 0 N–H and O–H groups in total. The molecule has 3 unspecified atom stereocenters. The molecule has 0 aliphatic heterocycles. The highest BCUT2D eigenvalue weighted by atomic mass is 35.5. The molecule has 0 spiro atoms. The van der Waals surface area contributed by atoms with E-state index >= 15 is 0 Å². The first-order chi connectivity index (χ1) is 7.51. The standard InChI is InChI=1S/C14H21ClO/c1-10-4-5-12(13(15)8-10)14(2,3)11-6-7-16-9-11/h6-7,9-10,12-13H,4-5,8H2,1-3H3. The fourth-order valence-electron chi connectivity index (χ4n) is 2.97. The van der Waals surface area contributed by atoms with Gasteiger partial charge in [-0.15, -0.1) is 11.6 Å². The van der Waals surface area contributed by atoms with Crippen LogP contribution >= 0.6 is 11.6 Å². The Kier molecular flexibility index (Phi) is 3.34. The summed E-state index contributed by atoms with van der Waals surface area (Å²) in [4.78, 5) is 0. The molecule has 0 saturated heterocycles. The van der Waals surface area contributed by atoms with Crippen LogP contribution in [0.25, 0.3) is 0 Å². The SMILES string of the molecule is CC1CCC(C(C)(C)c2ccoc2)C(Cl)C1. The number of alkyl halides is 1. The molecule has 0 radical (unpaired) electrons. The van der Waals surface area contributed by atoms with E-state index in [9.17, 15) is 0 Å². The maximum absolute atomic E-state index is 6.55. The van der Waals surface area contributed by atoms with E-state index in [-0.39, 0.29) is 5.41 Å². The molecule has 1 heterocycles. The van der Waals surface area contributed by atoms with Gasteiger partial charge in [0, 0.05) is 5.38 Å². The highest BCUT2D eigenvalue weighted by molar-refractivity contribution is 6.20. The van der Waals surface area contributed by atoms with E-state index in [1.807, 2.05) is 6.26 Å². The highest BCUT2D eigenvalue weighted by Gasteiger charge is 2.39. The van der Waals surface area contributed by atoms with Crippen molar-refractivity contribution in [1.82, 2.24) is 0 Å². The molecule has 1 aromatic rings. The highest BCUT2D eigenvalue weighted by Crippen LogP contribution is 2.44. The molecule has 0 amide bonds. The Morgan fingerprint density at radius 3 is 2.69 bits per heavy atom. The largest absolute Gasteiger partial charge is 0.472 e. The zero-order valence-corrected chi connectivity index (χ0v) is 11.1. The van der Waals surface area contributed by atoms with Crippen LogP contribution in [-0.2, 0) is 5.41 Å². The number of hydrogen-bond donors (Lipinski definition) is 0. The van der Waals surface area contributed by atoms with E-state index in [2.05, 4.69) is 26.8 Å². The predicted octanol–water partition coefficient (Wildman–Crippen LogP) is 4.60. The van der Waals surface area contributed by atoms with Crippen molar-refractivity contribution in [3.8, 4) is 0 Å². The lowest BCUT2D eigenvalue weighted by Crippen LogP contribution is -2.38. The third kappa shape index (κ3) is 2.15. The Labute approximate surface area is 103 Å². The van der Waals surface area contributed by atoms with Gasteiger partial charge in [0.05, 0.1) is 12.5 Å². The lowest BCUT2D eigenvalue weighted by Gasteiger charge is -2.41. The van der Waals surface area contributed by atoms with Gasteiger partial charge in [0.1, 0.15) is 0 Å². The van der Waals surface area contributed by atoms with E-state index in [0.29, 0.717) is 11.3 Å². The monoisotopic (exact) mass is 240 g/mol. The molecule has 0 bridgehead atoms. The van der Waals surface area contributed by atoms with Crippen molar-refractivity contribution in [2.45, 2.75) is 50.8 Å². The Hall–Kier alpha value is -0.430. The molecule has 1 aliphatic rings. The van der Waals surface area contributed by atoms with E-state index in [1.165, 1.54) is 18.4 Å². The van der Waals surface area contributed by atoms with Crippen LogP contribution in [0.4, 0.5) is 0 Å². The van der Waals surface area contributed by atoms with Gasteiger partial charge < -0.3 is 4.42 Å². The molecule has 1 fully saturated rings. The maximum Gasteiger partial charge on any atom is 0.0940 e. The molecule has 1 aliphatic carbocycles. The summed E-state index contributed by atoms with van der Waals surface area (Å²) in [6.07, 6.45) is 7.30. The molecule has 2 heteroatoms. The van der Waals surface area contributed by atoms with Gasteiger partial charge >= 0.3 is 0 Å². The first-order valence-electron chi connectivity index (χ1n) is 6.18. The van der Waals surface area contributed by atoms with E-state index < -0.39 is 0 Å². The second-order valence-corrected chi connectivity index (χ2v) is 6.34. The molecule has 0 aromatic carbocycles. The Balaban J connectivity index is 2.17. The van der Waals surface area contributed by atoms with E-state index in [0.717, 1.165) is 12.3 Å². The smallest absolute Gasteiger partial charge is 0.0940 e. The third-order valence-corrected chi connectivity index (χ3v) is 4.71. The quantitative estimate of drug-likeness (QED) is 0.689. The first-order valence-corrected chi connectivity index (χ1v) is 6.62. The van der Waals surface area contributed by atoms with Crippen molar-refractivity contribution in [1.29, 1.82) is 0 Å². The second-order valence-electron chi connectivity index (χ2n) is 5.77. The van der Waals surface area contributed by atoms with Gasteiger partial charge in [-0.3, -0.25) is 0 Å². The van der Waals surface area contributed by atoms with Gasteiger partial charge in [0.2, 0.25) is 0 Å². The normalized spacial score (nSPS) is 31.6. The fourth-order valence-corrected chi connectivity index (χ4v) is 3.71. The minimum absolute atomic E-state index is 0.125. The summed E-state index contributed by atoms with van der Waals surface area (Å²) in [5.41, 5.74) is 1.40. The van der Waals surface area contributed by atoms with Crippen molar-refractivity contribution in [3.63, 3.8) is 0 Å². The summed E-state index contributed by atoms with van der Waals surface area (Å²) >= 11 is 6.55. The summed E-state index contributed by atoms with van der Waals surface area (Å²) in [5.74, 6) is 1.34. The van der Waals surface area contributed by atoms with Crippen molar-refractivity contribution < 1.29 is 4.42 Å². The van der Waals surface area contributed by atoms with Crippen molar-refractivity contribution in [3.05, 3.63) is 24.2 Å². The van der Waals surface area contributed by atoms with Crippen LogP contribution in [0.15, 0.2) is 23.0 Å². The molecule has 1 nitrogen and oxygen atoms in total. The maximum atomic E-state index is 6.55. The minimum atomic E-state index is 0.125. The molecule has 90 valence electrons. The summed E-state index contributed by atoms with van der Waals surface area (Å²) < 4.78 is 5.20.